The van der Waals surface area contributed by atoms with Crippen LogP contribution in [-0.2, 0) is 17.7 Å². The molecule has 0 atom stereocenters. The quantitative estimate of drug-likeness (QED) is 0.668. The normalized spacial score (nSPS) is 14.9. The number of ether oxygens (including phenoxy) is 1. The summed E-state index contributed by atoms with van der Waals surface area (Å²) in [7, 11) is 0. The van der Waals surface area contributed by atoms with Gasteiger partial charge in [-0.1, -0.05) is 30.3 Å². The zero-order chi connectivity index (χ0) is 17.8. The van der Waals surface area contributed by atoms with Gasteiger partial charge in [-0.2, -0.15) is 0 Å². The summed E-state index contributed by atoms with van der Waals surface area (Å²) in [6.07, 6.45) is 3.18. The highest BCUT2D eigenvalue weighted by Crippen LogP contribution is 2.22. The fraction of sp³-hybridized carbons (Fsp3) is 0.364. The number of aromatic amines is 1. The Morgan fingerprint density at radius 3 is 2.81 bits per heavy atom. The maximum absolute atomic E-state index is 5.48. The lowest BCUT2D eigenvalue weighted by Gasteiger charge is -2.30. The molecule has 4 rings (SSSR count). The minimum absolute atomic E-state index is 0.821. The molecule has 1 aliphatic rings. The average Bonchev–Trinajstić information content (AvgIpc) is 3.08. The third-order valence-corrected chi connectivity index (χ3v) is 5.15. The van der Waals surface area contributed by atoms with Crippen LogP contribution in [0, 0.1) is 6.92 Å². The number of nitrogens with zero attached hydrogens (tertiary/aromatic N) is 1. The minimum Gasteiger partial charge on any atom is -0.378 e. The van der Waals surface area contributed by atoms with Crippen molar-refractivity contribution >= 4 is 16.6 Å². The van der Waals surface area contributed by atoms with Crippen LogP contribution in [0.3, 0.4) is 0 Å². The first-order chi connectivity index (χ1) is 12.8. The van der Waals surface area contributed by atoms with E-state index in [1.165, 1.54) is 33.3 Å². The van der Waals surface area contributed by atoms with Gasteiger partial charge in [0.2, 0.25) is 0 Å². The van der Waals surface area contributed by atoms with E-state index in [1.807, 2.05) is 0 Å². The van der Waals surface area contributed by atoms with Crippen LogP contribution in [0.2, 0.25) is 0 Å². The standard InChI is InChI=1S/C22H27N3O/c1-17-6-7-20-18(16-24-21(20)14-17)8-9-23-15-19-4-2-3-5-22(19)25-10-12-26-13-11-25/h2-7,14,16,23-24H,8-13,15H2,1H3. The fourth-order valence-electron chi connectivity index (χ4n) is 3.73. The second-order valence-electron chi connectivity index (χ2n) is 7.02. The van der Waals surface area contributed by atoms with E-state index in [-0.39, 0.29) is 0 Å². The summed E-state index contributed by atoms with van der Waals surface area (Å²) >= 11 is 0. The molecule has 4 heteroatoms. The van der Waals surface area contributed by atoms with Gasteiger partial charge in [0.25, 0.3) is 0 Å². The summed E-state index contributed by atoms with van der Waals surface area (Å²) in [5, 5.41) is 4.96. The summed E-state index contributed by atoms with van der Waals surface area (Å²) in [5.41, 5.74) is 6.62. The molecule has 1 aromatic heterocycles. The zero-order valence-electron chi connectivity index (χ0n) is 15.4. The molecule has 136 valence electrons. The number of aromatic nitrogens is 1. The minimum atomic E-state index is 0.821. The molecule has 1 fully saturated rings. The summed E-state index contributed by atoms with van der Waals surface area (Å²) in [6, 6.07) is 15.3. The van der Waals surface area contributed by atoms with Crippen molar-refractivity contribution < 1.29 is 4.74 Å². The molecule has 26 heavy (non-hydrogen) atoms. The van der Waals surface area contributed by atoms with Crippen LogP contribution in [-0.4, -0.2) is 37.8 Å². The Morgan fingerprint density at radius 2 is 1.92 bits per heavy atom. The molecule has 1 saturated heterocycles. The topological polar surface area (TPSA) is 40.3 Å². The Balaban J connectivity index is 1.36. The maximum Gasteiger partial charge on any atom is 0.0642 e. The average molecular weight is 349 g/mol. The second-order valence-corrected chi connectivity index (χ2v) is 7.02. The predicted octanol–water partition coefficient (Wildman–Crippen LogP) is 3.65. The third kappa shape index (κ3) is 3.76. The monoisotopic (exact) mass is 349 g/mol. The number of rotatable bonds is 6. The number of hydrogen-bond donors (Lipinski definition) is 2. The van der Waals surface area contributed by atoms with Crippen LogP contribution in [0.5, 0.6) is 0 Å². The van der Waals surface area contributed by atoms with E-state index in [4.69, 9.17) is 4.74 Å². The molecule has 2 N–H and O–H groups in total. The molecule has 0 amide bonds. The number of para-hydroxylation sites is 1. The van der Waals surface area contributed by atoms with Gasteiger partial charge in [0, 0.05) is 42.4 Å². The lowest BCUT2D eigenvalue weighted by molar-refractivity contribution is 0.122. The van der Waals surface area contributed by atoms with E-state index in [0.29, 0.717) is 0 Å². The SMILES string of the molecule is Cc1ccc2c(CCNCc3ccccc3N3CCOCC3)c[nH]c2c1. The molecule has 0 bridgehead atoms. The molecule has 1 aliphatic heterocycles. The van der Waals surface area contributed by atoms with Crippen molar-refractivity contribution in [3.05, 3.63) is 65.4 Å². The van der Waals surface area contributed by atoms with E-state index in [2.05, 4.69) is 70.8 Å². The van der Waals surface area contributed by atoms with Crippen molar-refractivity contribution in [2.45, 2.75) is 19.9 Å². The molecule has 0 aliphatic carbocycles. The number of morpholine rings is 1. The summed E-state index contributed by atoms with van der Waals surface area (Å²) in [5.74, 6) is 0. The van der Waals surface area contributed by atoms with Crippen LogP contribution in [0.1, 0.15) is 16.7 Å². The Morgan fingerprint density at radius 1 is 1.08 bits per heavy atom. The van der Waals surface area contributed by atoms with E-state index >= 15 is 0 Å². The molecular weight excluding hydrogens is 322 g/mol. The van der Waals surface area contributed by atoms with Gasteiger partial charge in [-0.05, 0) is 48.7 Å². The van der Waals surface area contributed by atoms with E-state index in [0.717, 1.165) is 45.8 Å². The van der Waals surface area contributed by atoms with Crippen molar-refractivity contribution in [3.63, 3.8) is 0 Å². The number of anilines is 1. The van der Waals surface area contributed by atoms with Crippen LogP contribution in [0.25, 0.3) is 10.9 Å². The van der Waals surface area contributed by atoms with E-state index in [9.17, 15) is 0 Å². The molecule has 2 heterocycles. The summed E-state index contributed by atoms with van der Waals surface area (Å²) < 4.78 is 5.48. The Labute approximate surface area is 155 Å². The molecule has 0 spiro atoms. The van der Waals surface area contributed by atoms with Crippen LogP contribution in [0.15, 0.2) is 48.7 Å². The molecular formula is C22H27N3O. The maximum atomic E-state index is 5.48. The zero-order valence-corrected chi connectivity index (χ0v) is 15.4. The van der Waals surface area contributed by atoms with Crippen molar-refractivity contribution in [3.8, 4) is 0 Å². The van der Waals surface area contributed by atoms with Crippen molar-refractivity contribution in [2.24, 2.45) is 0 Å². The highest BCUT2D eigenvalue weighted by atomic mass is 16.5. The lowest BCUT2D eigenvalue weighted by atomic mass is 10.1. The number of aryl methyl sites for hydroxylation is 1. The van der Waals surface area contributed by atoms with E-state index < -0.39 is 0 Å². The first-order valence-corrected chi connectivity index (χ1v) is 9.49. The van der Waals surface area contributed by atoms with Gasteiger partial charge in [0.05, 0.1) is 13.2 Å². The Bertz CT molecular complexity index is 865. The van der Waals surface area contributed by atoms with Gasteiger partial charge >= 0.3 is 0 Å². The van der Waals surface area contributed by atoms with Crippen molar-refractivity contribution in [2.75, 3.05) is 37.7 Å². The number of benzene rings is 2. The summed E-state index contributed by atoms with van der Waals surface area (Å²) in [4.78, 5) is 5.83. The molecule has 2 aromatic carbocycles. The number of nitrogens with one attached hydrogen (secondary N) is 2. The number of H-pyrrole nitrogens is 1. The van der Waals surface area contributed by atoms with Crippen LogP contribution >= 0.6 is 0 Å². The van der Waals surface area contributed by atoms with E-state index in [1.54, 1.807) is 0 Å². The Hall–Kier alpha value is -2.30. The molecule has 0 saturated carbocycles. The number of hydrogen-bond acceptors (Lipinski definition) is 3. The van der Waals surface area contributed by atoms with Gasteiger partial charge in [0.15, 0.2) is 0 Å². The first kappa shape index (κ1) is 17.1. The largest absolute Gasteiger partial charge is 0.378 e. The highest BCUT2D eigenvalue weighted by molar-refractivity contribution is 5.83. The van der Waals surface area contributed by atoms with Crippen molar-refractivity contribution in [1.82, 2.24) is 10.3 Å². The second kappa shape index (κ2) is 7.94. The number of fused-ring (bicyclic) bond motifs is 1. The van der Waals surface area contributed by atoms with Gasteiger partial charge in [0.1, 0.15) is 0 Å². The molecule has 0 unspecified atom stereocenters. The predicted molar refractivity (Wildman–Crippen MR) is 108 cm³/mol. The summed E-state index contributed by atoms with van der Waals surface area (Å²) in [6.45, 7) is 7.60. The third-order valence-electron chi connectivity index (χ3n) is 5.15. The molecule has 0 radical (unpaired) electrons. The highest BCUT2D eigenvalue weighted by Gasteiger charge is 2.14. The van der Waals surface area contributed by atoms with Crippen LogP contribution < -0.4 is 10.2 Å². The van der Waals surface area contributed by atoms with Gasteiger partial charge in [-0.3, -0.25) is 0 Å². The van der Waals surface area contributed by atoms with Gasteiger partial charge < -0.3 is 19.9 Å². The van der Waals surface area contributed by atoms with Gasteiger partial charge in [-0.25, -0.2) is 0 Å². The Kier molecular flexibility index (Phi) is 5.23. The first-order valence-electron chi connectivity index (χ1n) is 9.49. The molecule has 3 aromatic rings. The fourth-order valence-corrected chi connectivity index (χ4v) is 3.73. The smallest absolute Gasteiger partial charge is 0.0642 e. The van der Waals surface area contributed by atoms with Crippen LogP contribution in [0.4, 0.5) is 5.69 Å². The molecule has 4 nitrogen and oxygen atoms in total. The van der Waals surface area contributed by atoms with Gasteiger partial charge in [-0.15, -0.1) is 0 Å². The lowest BCUT2D eigenvalue weighted by Crippen LogP contribution is -2.37. The van der Waals surface area contributed by atoms with Crippen molar-refractivity contribution in [1.29, 1.82) is 0 Å².